The van der Waals surface area contributed by atoms with Gasteiger partial charge in [-0.15, -0.1) is 0 Å². The molecule has 0 aromatic heterocycles. The van der Waals surface area contributed by atoms with Crippen molar-refractivity contribution >= 4 is 5.96 Å². The van der Waals surface area contributed by atoms with E-state index in [0.717, 1.165) is 51.6 Å². The van der Waals surface area contributed by atoms with E-state index in [2.05, 4.69) is 47.5 Å². The summed E-state index contributed by atoms with van der Waals surface area (Å²) in [5, 5.41) is 3.45. The lowest BCUT2D eigenvalue weighted by Crippen LogP contribution is -2.40. The van der Waals surface area contributed by atoms with Gasteiger partial charge in [0.15, 0.2) is 5.96 Å². The smallest absolute Gasteiger partial charge is 0.193 e. The number of nitrogens with one attached hydrogen (secondary N) is 1. The van der Waals surface area contributed by atoms with Crippen LogP contribution in [0.5, 0.6) is 0 Å². The Morgan fingerprint density at radius 3 is 2.83 bits per heavy atom. The number of benzene rings is 1. The fourth-order valence-electron chi connectivity index (χ4n) is 3.10. The lowest BCUT2D eigenvalue weighted by molar-refractivity contribution is 0.192. The molecule has 0 saturated carbocycles. The fraction of sp³-hybridized carbons (Fsp3) is 0.632. The van der Waals surface area contributed by atoms with Crippen molar-refractivity contribution in [2.45, 2.75) is 38.5 Å². The summed E-state index contributed by atoms with van der Waals surface area (Å²) in [5.41, 5.74) is 1.45. The molecule has 1 N–H and O–H groups in total. The fourth-order valence-corrected chi connectivity index (χ4v) is 3.10. The van der Waals surface area contributed by atoms with Crippen molar-refractivity contribution in [2.75, 3.05) is 39.9 Å². The molecule has 2 rings (SSSR count). The monoisotopic (exact) mass is 317 g/mol. The highest BCUT2D eigenvalue weighted by molar-refractivity contribution is 5.80. The number of nitrogens with zero attached hydrogens (tertiary/aromatic N) is 2. The van der Waals surface area contributed by atoms with Crippen LogP contribution in [0.1, 0.15) is 44.1 Å². The van der Waals surface area contributed by atoms with Crippen molar-refractivity contribution in [1.82, 2.24) is 10.2 Å². The van der Waals surface area contributed by atoms with Gasteiger partial charge < -0.3 is 15.0 Å². The minimum absolute atomic E-state index is 0.627. The molecule has 0 spiro atoms. The van der Waals surface area contributed by atoms with E-state index in [-0.39, 0.29) is 0 Å². The maximum absolute atomic E-state index is 5.09. The zero-order chi connectivity index (χ0) is 16.3. The Hall–Kier alpha value is -1.55. The number of hydrogen-bond acceptors (Lipinski definition) is 2. The number of likely N-dealkylation sites (tertiary alicyclic amines) is 1. The van der Waals surface area contributed by atoms with E-state index in [1.807, 2.05) is 0 Å². The molecule has 0 bridgehead atoms. The van der Waals surface area contributed by atoms with E-state index in [1.165, 1.54) is 18.4 Å². The summed E-state index contributed by atoms with van der Waals surface area (Å²) in [6.07, 6.45) is 4.65. The largest absolute Gasteiger partial charge is 0.385 e. The van der Waals surface area contributed by atoms with E-state index in [9.17, 15) is 0 Å². The highest BCUT2D eigenvalue weighted by atomic mass is 16.5. The molecule has 1 atom stereocenters. The minimum Gasteiger partial charge on any atom is -0.385 e. The molecule has 1 aromatic rings. The van der Waals surface area contributed by atoms with Gasteiger partial charge in [-0.1, -0.05) is 30.3 Å². The third-order valence-electron chi connectivity index (χ3n) is 4.36. The van der Waals surface area contributed by atoms with Gasteiger partial charge in [0, 0.05) is 45.8 Å². The number of guanidine groups is 1. The molecule has 128 valence electrons. The molecule has 1 aliphatic rings. The summed E-state index contributed by atoms with van der Waals surface area (Å²) in [4.78, 5) is 7.22. The Labute approximate surface area is 140 Å². The number of ether oxygens (including phenoxy) is 1. The Kier molecular flexibility index (Phi) is 7.95. The Morgan fingerprint density at radius 1 is 1.26 bits per heavy atom. The van der Waals surface area contributed by atoms with E-state index < -0.39 is 0 Å². The molecule has 0 amide bonds. The minimum atomic E-state index is 0.627. The van der Waals surface area contributed by atoms with Gasteiger partial charge in [0.25, 0.3) is 0 Å². The van der Waals surface area contributed by atoms with E-state index in [1.54, 1.807) is 7.11 Å². The molecule has 23 heavy (non-hydrogen) atoms. The highest BCUT2D eigenvalue weighted by Crippen LogP contribution is 2.26. The standard InChI is InChI=1S/C19H31N3O/c1-3-20-19(21-13-8-5-9-15-23-2)22-14-12-18(16-22)17-10-6-4-7-11-17/h4,6-7,10-11,18H,3,5,8-9,12-16H2,1-2H3,(H,20,21). The van der Waals surface area contributed by atoms with Crippen LogP contribution in [0.2, 0.25) is 0 Å². The normalized spacial score (nSPS) is 18.4. The summed E-state index contributed by atoms with van der Waals surface area (Å²) >= 11 is 0. The SMILES string of the molecule is CCNC(=NCCCCCOC)N1CCC(c2ccccc2)C1. The van der Waals surface area contributed by atoms with Gasteiger partial charge in [0.05, 0.1) is 0 Å². The summed E-state index contributed by atoms with van der Waals surface area (Å²) in [6.45, 7) is 6.98. The number of methoxy groups -OCH3 is 1. The molecule has 0 radical (unpaired) electrons. The van der Waals surface area contributed by atoms with Crippen molar-refractivity contribution in [1.29, 1.82) is 0 Å². The van der Waals surface area contributed by atoms with E-state index >= 15 is 0 Å². The molecule has 1 unspecified atom stereocenters. The molecular weight excluding hydrogens is 286 g/mol. The molecule has 1 aliphatic heterocycles. The second kappa shape index (κ2) is 10.3. The molecule has 1 saturated heterocycles. The Morgan fingerprint density at radius 2 is 2.09 bits per heavy atom. The van der Waals surface area contributed by atoms with Gasteiger partial charge in [-0.2, -0.15) is 0 Å². The molecule has 0 aliphatic carbocycles. The Balaban J connectivity index is 1.83. The van der Waals surface area contributed by atoms with Crippen LogP contribution in [-0.4, -0.2) is 50.8 Å². The first-order valence-electron chi connectivity index (χ1n) is 8.92. The average Bonchev–Trinajstić information content (AvgIpc) is 3.08. The molecule has 1 fully saturated rings. The van der Waals surface area contributed by atoms with Crippen molar-refractivity contribution in [2.24, 2.45) is 4.99 Å². The van der Waals surface area contributed by atoms with Crippen molar-refractivity contribution in [3.8, 4) is 0 Å². The second-order valence-corrected chi connectivity index (χ2v) is 6.13. The summed E-state index contributed by atoms with van der Waals surface area (Å²) < 4.78 is 5.09. The van der Waals surface area contributed by atoms with Crippen LogP contribution < -0.4 is 5.32 Å². The van der Waals surface area contributed by atoms with Gasteiger partial charge in [0.1, 0.15) is 0 Å². The maximum Gasteiger partial charge on any atom is 0.193 e. The third kappa shape index (κ3) is 5.87. The Bertz CT molecular complexity index is 461. The molecule has 4 nitrogen and oxygen atoms in total. The first kappa shape index (κ1) is 17.8. The van der Waals surface area contributed by atoms with Crippen LogP contribution in [0.3, 0.4) is 0 Å². The van der Waals surface area contributed by atoms with Crippen LogP contribution in [0.25, 0.3) is 0 Å². The van der Waals surface area contributed by atoms with Crippen LogP contribution in [-0.2, 0) is 4.74 Å². The lowest BCUT2D eigenvalue weighted by Gasteiger charge is -2.21. The van der Waals surface area contributed by atoms with Crippen LogP contribution >= 0.6 is 0 Å². The third-order valence-corrected chi connectivity index (χ3v) is 4.36. The van der Waals surface area contributed by atoms with Gasteiger partial charge in [-0.25, -0.2) is 0 Å². The van der Waals surface area contributed by atoms with Gasteiger partial charge in [0.2, 0.25) is 0 Å². The van der Waals surface area contributed by atoms with Crippen molar-refractivity contribution in [3.05, 3.63) is 35.9 Å². The second-order valence-electron chi connectivity index (χ2n) is 6.13. The zero-order valence-electron chi connectivity index (χ0n) is 14.6. The number of unbranched alkanes of at least 4 members (excludes halogenated alkanes) is 2. The molecular formula is C19H31N3O. The molecule has 4 heteroatoms. The van der Waals surface area contributed by atoms with Crippen LogP contribution in [0.15, 0.2) is 35.3 Å². The summed E-state index contributed by atoms with van der Waals surface area (Å²) in [6, 6.07) is 10.8. The van der Waals surface area contributed by atoms with Crippen LogP contribution in [0.4, 0.5) is 0 Å². The van der Waals surface area contributed by atoms with Crippen molar-refractivity contribution in [3.63, 3.8) is 0 Å². The van der Waals surface area contributed by atoms with Crippen molar-refractivity contribution < 1.29 is 4.74 Å². The van der Waals surface area contributed by atoms with Gasteiger partial charge >= 0.3 is 0 Å². The number of rotatable bonds is 8. The molecule has 1 aromatic carbocycles. The van der Waals surface area contributed by atoms with Gasteiger partial charge in [-0.05, 0) is 38.2 Å². The first-order valence-corrected chi connectivity index (χ1v) is 8.92. The van der Waals surface area contributed by atoms with Crippen LogP contribution in [0, 0.1) is 0 Å². The predicted octanol–water partition coefficient (Wildman–Crippen LogP) is 3.26. The van der Waals surface area contributed by atoms with Gasteiger partial charge in [-0.3, -0.25) is 4.99 Å². The lowest BCUT2D eigenvalue weighted by atomic mass is 9.99. The zero-order valence-corrected chi connectivity index (χ0v) is 14.6. The number of aliphatic imine (C=N–C) groups is 1. The summed E-state index contributed by atoms with van der Waals surface area (Å²) in [7, 11) is 1.76. The quantitative estimate of drug-likeness (QED) is 0.454. The van der Waals surface area contributed by atoms with E-state index in [0.29, 0.717) is 5.92 Å². The maximum atomic E-state index is 5.09. The topological polar surface area (TPSA) is 36.9 Å². The average molecular weight is 317 g/mol. The summed E-state index contributed by atoms with van der Waals surface area (Å²) in [5.74, 6) is 1.71. The highest BCUT2D eigenvalue weighted by Gasteiger charge is 2.25. The van der Waals surface area contributed by atoms with E-state index in [4.69, 9.17) is 9.73 Å². The first-order chi connectivity index (χ1) is 11.3. The predicted molar refractivity (Wildman–Crippen MR) is 97.1 cm³/mol. The molecule has 1 heterocycles. The number of hydrogen-bond donors (Lipinski definition) is 1.